The van der Waals surface area contributed by atoms with Crippen molar-refractivity contribution in [3.8, 4) is 0 Å². The second-order valence-corrected chi connectivity index (χ2v) is 4.68. The van der Waals surface area contributed by atoms with Gasteiger partial charge >= 0.3 is 0 Å². The van der Waals surface area contributed by atoms with Gasteiger partial charge in [-0.15, -0.1) is 0 Å². The van der Waals surface area contributed by atoms with Crippen molar-refractivity contribution in [3.05, 3.63) is 34.6 Å². The van der Waals surface area contributed by atoms with E-state index in [-0.39, 0.29) is 17.2 Å². The van der Waals surface area contributed by atoms with Crippen LogP contribution in [0.4, 0.5) is 4.39 Å². The maximum atomic E-state index is 13.0. The van der Waals surface area contributed by atoms with E-state index in [1.54, 1.807) is 12.1 Å². The molecule has 94 valence electrons. The highest BCUT2D eigenvalue weighted by Gasteiger charge is 2.25. The van der Waals surface area contributed by atoms with Crippen molar-refractivity contribution in [3.63, 3.8) is 0 Å². The number of nitrogens with one attached hydrogen (secondary N) is 1. The topological polar surface area (TPSA) is 47.3 Å². The van der Waals surface area contributed by atoms with E-state index >= 15 is 0 Å². The highest BCUT2D eigenvalue weighted by atomic mass is 35.5. The Morgan fingerprint density at radius 3 is 3.00 bits per heavy atom. The molecule has 0 aliphatic carbocycles. The zero-order valence-corrected chi connectivity index (χ0v) is 10.2. The summed E-state index contributed by atoms with van der Waals surface area (Å²) >= 11 is 5.74. The van der Waals surface area contributed by atoms with Gasteiger partial charge in [0.05, 0.1) is 17.2 Å². The summed E-state index contributed by atoms with van der Waals surface area (Å²) in [5, 5.41) is 0.144. The predicted octanol–water partition coefficient (Wildman–Crippen LogP) is 2.03. The van der Waals surface area contributed by atoms with Crippen molar-refractivity contribution in [1.29, 1.82) is 0 Å². The highest BCUT2D eigenvalue weighted by Crippen LogP contribution is 2.21. The molecule has 2 unspecified atom stereocenters. The minimum atomic E-state index is -0.398. The highest BCUT2D eigenvalue weighted by molar-refractivity contribution is 6.30. The number of hydrogen-bond donors (Lipinski definition) is 2. The molecule has 2 rings (SSSR count). The number of rotatable bonds is 4. The normalized spacial score (nSPS) is 21.7. The van der Waals surface area contributed by atoms with Crippen molar-refractivity contribution in [2.75, 3.05) is 6.61 Å². The molecule has 0 bridgehead atoms. The molecule has 0 aromatic heterocycles. The van der Waals surface area contributed by atoms with E-state index in [9.17, 15) is 4.39 Å². The SMILES string of the molecule is NNC(Cc1ccc(F)c(Cl)c1)C1CCCO1. The zero-order valence-electron chi connectivity index (χ0n) is 9.46. The van der Waals surface area contributed by atoms with Gasteiger partial charge in [-0.2, -0.15) is 0 Å². The molecule has 1 saturated heterocycles. The van der Waals surface area contributed by atoms with Gasteiger partial charge in [-0.05, 0) is 37.0 Å². The van der Waals surface area contributed by atoms with Crippen LogP contribution in [-0.4, -0.2) is 18.8 Å². The third-order valence-corrected chi connectivity index (χ3v) is 3.36. The first-order valence-corrected chi connectivity index (χ1v) is 6.10. The first-order valence-electron chi connectivity index (χ1n) is 5.72. The number of hydrogen-bond acceptors (Lipinski definition) is 3. The Bertz CT molecular complexity index is 383. The van der Waals surface area contributed by atoms with Gasteiger partial charge in [-0.1, -0.05) is 17.7 Å². The summed E-state index contributed by atoms with van der Waals surface area (Å²) in [6.07, 6.45) is 2.88. The van der Waals surface area contributed by atoms with Crippen molar-refractivity contribution in [2.45, 2.75) is 31.4 Å². The minimum absolute atomic E-state index is 0.0408. The van der Waals surface area contributed by atoms with E-state index in [4.69, 9.17) is 22.2 Å². The van der Waals surface area contributed by atoms with Gasteiger partial charge in [0.15, 0.2) is 0 Å². The molecule has 17 heavy (non-hydrogen) atoms. The van der Waals surface area contributed by atoms with Crippen LogP contribution < -0.4 is 11.3 Å². The van der Waals surface area contributed by atoms with Crippen molar-refractivity contribution >= 4 is 11.6 Å². The molecule has 3 N–H and O–H groups in total. The average molecular weight is 259 g/mol. The quantitative estimate of drug-likeness (QED) is 0.642. The molecule has 0 spiro atoms. The lowest BCUT2D eigenvalue weighted by atomic mass is 10.00. The summed E-state index contributed by atoms with van der Waals surface area (Å²) in [7, 11) is 0. The standard InChI is InChI=1S/C12H16ClFN2O/c13-9-6-8(3-4-10(9)14)7-11(16-15)12-2-1-5-17-12/h3-4,6,11-12,16H,1-2,5,7,15H2. The van der Waals surface area contributed by atoms with E-state index in [0.717, 1.165) is 25.0 Å². The fourth-order valence-electron chi connectivity index (χ4n) is 2.14. The molecule has 2 atom stereocenters. The van der Waals surface area contributed by atoms with Gasteiger partial charge in [-0.3, -0.25) is 11.3 Å². The summed E-state index contributed by atoms with van der Waals surface area (Å²) in [5.74, 6) is 5.13. The smallest absolute Gasteiger partial charge is 0.141 e. The van der Waals surface area contributed by atoms with Crippen LogP contribution in [0.5, 0.6) is 0 Å². The Kier molecular flexibility index (Phi) is 4.34. The molecule has 1 aromatic rings. The summed E-state index contributed by atoms with van der Waals surface area (Å²) in [6.45, 7) is 0.785. The summed E-state index contributed by atoms with van der Waals surface area (Å²) in [4.78, 5) is 0. The summed E-state index contributed by atoms with van der Waals surface area (Å²) in [6, 6.07) is 4.77. The van der Waals surface area contributed by atoms with Crippen LogP contribution in [0, 0.1) is 5.82 Å². The summed E-state index contributed by atoms with van der Waals surface area (Å²) < 4.78 is 18.6. The first-order chi connectivity index (χ1) is 8.20. The number of ether oxygens (including phenoxy) is 1. The van der Waals surface area contributed by atoms with Gasteiger partial charge in [0.1, 0.15) is 5.82 Å². The lowest BCUT2D eigenvalue weighted by Crippen LogP contribution is -2.45. The molecular formula is C12H16ClFN2O. The largest absolute Gasteiger partial charge is 0.377 e. The number of nitrogens with two attached hydrogens (primary N) is 1. The monoisotopic (exact) mass is 258 g/mol. The maximum absolute atomic E-state index is 13.0. The third-order valence-electron chi connectivity index (χ3n) is 3.07. The van der Waals surface area contributed by atoms with Gasteiger partial charge in [0, 0.05) is 6.61 Å². The molecule has 1 fully saturated rings. The zero-order chi connectivity index (χ0) is 12.3. The van der Waals surface area contributed by atoms with Gasteiger partial charge in [0.2, 0.25) is 0 Å². The van der Waals surface area contributed by atoms with Crippen molar-refractivity contribution in [1.82, 2.24) is 5.43 Å². The second-order valence-electron chi connectivity index (χ2n) is 4.28. The fourth-order valence-corrected chi connectivity index (χ4v) is 2.34. The van der Waals surface area contributed by atoms with Gasteiger partial charge < -0.3 is 4.74 Å². The number of benzene rings is 1. The third kappa shape index (κ3) is 3.16. The molecule has 5 heteroatoms. The minimum Gasteiger partial charge on any atom is -0.377 e. The van der Waals surface area contributed by atoms with Crippen LogP contribution in [0.15, 0.2) is 18.2 Å². The van der Waals surface area contributed by atoms with E-state index in [0.29, 0.717) is 6.42 Å². The van der Waals surface area contributed by atoms with E-state index in [2.05, 4.69) is 5.43 Å². The van der Waals surface area contributed by atoms with Crippen LogP contribution in [0.2, 0.25) is 5.02 Å². The Balaban J connectivity index is 2.04. The molecule has 1 aromatic carbocycles. The lowest BCUT2D eigenvalue weighted by Gasteiger charge is -2.22. The Morgan fingerprint density at radius 1 is 1.59 bits per heavy atom. The van der Waals surface area contributed by atoms with E-state index < -0.39 is 5.82 Å². The Hall–Kier alpha value is -0.680. The molecule has 0 saturated carbocycles. The molecule has 1 aliphatic heterocycles. The molecular weight excluding hydrogens is 243 g/mol. The van der Waals surface area contributed by atoms with Crippen LogP contribution in [0.3, 0.4) is 0 Å². The van der Waals surface area contributed by atoms with Gasteiger partial charge in [-0.25, -0.2) is 4.39 Å². The van der Waals surface area contributed by atoms with Crippen molar-refractivity contribution < 1.29 is 9.13 Å². The molecule has 3 nitrogen and oxygen atoms in total. The van der Waals surface area contributed by atoms with Crippen LogP contribution >= 0.6 is 11.6 Å². The maximum Gasteiger partial charge on any atom is 0.141 e. The van der Waals surface area contributed by atoms with Gasteiger partial charge in [0.25, 0.3) is 0 Å². The second kappa shape index (κ2) is 5.78. The number of hydrazine groups is 1. The fraction of sp³-hybridized carbons (Fsp3) is 0.500. The predicted molar refractivity (Wildman–Crippen MR) is 65.2 cm³/mol. The van der Waals surface area contributed by atoms with Crippen LogP contribution in [-0.2, 0) is 11.2 Å². The Morgan fingerprint density at radius 2 is 2.41 bits per heavy atom. The average Bonchev–Trinajstić information content (AvgIpc) is 2.84. The van der Waals surface area contributed by atoms with Crippen molar-refractivity contribution in [2.24, 2.45) is 5.84 Å². The molecule has 0 radical (unpaired) electrons. The van der Waals surface area contributed by atoms with E-state index in [1.165, 1.54) is 6.07 Å². The first kappa shape index (κ1) is 12.8. The van der Waals surface area contributed by atoms with Crippen LogP contribution in [0.25, 0.3) is 0 Å². The molecule has 1 heterocycles. The molecule has 0 amide bonds. The molecule has 1 aliphatic rings. The van der Waals surface area contributed by atoms with E-state index in [1.807, 2.05) is 0 Å². The summed E-state index contributed by atoms with van der Waals surface area (Å²) in [5.41, 5.74) is 3.72. The Labute approximate surface area is 105 Å². The number of halogens is 2. The van der Waals surface area contributed by atoms with Crippen LogP contribution in [0.1, 0.15) is 18.4 Å². The lowest BCUT2D eigenvalue weighted by molar-refractivity contribution is 0.0784.